The molecular formula is C18H13F4N5O3. The number of hydrogen-bond donors (Lipinski definition) is 2. The second-order valence-electron chi connectivity index (χ2n) is 6.21. The number of tetrazole rings is 1. The molecule has 0 fully saturated rings. The topological polar surface area (TPSA) is 114 Å². The Morgan fingerprint density at radius 1 is 1.20 bits per heavy atom. The van der Waals surface area contributed by atoms with Gasteiger partial charge in [-0.2, -0.15) is 8.78 Å². The number of carboxylic acids is 1. The summed E-state index contributed by atoms with van der Waals surface area (Å²) in [6.45, 7) is -0.974. The van der Waals surface area contributed by atoms with Gasteiger partial charge in [0, 0.05) is 23.9 Å². The Bertz CT molecular complexity index is 1070. The largest absolute Gasteiger partial charge is 0.478 e. The van der Waals surface area contributed by atoms with E-state index in [0.29, 0.717) is 12.1 Å². The lowest BCUT2D eigenvalue weighted by Gasteiger charge is -2.35. The third-order valence-corrected chi connectivity index (χ3v) is 4.20. The summed E-state index contributed by atoms with van der Waals surface area (Å²) in [6.07, 6.45) is 3.82. The van der Waals surface area contributed by atoms with Crippen molar-refractivity contribution in [1.29, 1.82) is 0 Å². The van der Waals surface area contributed by atoms with Crippen LogP contribution >= 0.6 is 0 Å². The fraction of sp³-hybridized carbons (Fsp3) is 0.167. The second kappa shape index (κ2) is 7.99. The number of benzene rings is 1. The summed E-state index contributed by atoms with van der Waals surface area (Å²) in [5.74, 6) is -7.84. The lowest BCUT2D eigenvalue weighted by Crippen LogP contribution is -2.48. The fourth-order valence-corrected chi connectivity index (χ4v) is 2.73. The summed E-state index contributed by atoms with van der Waals surface area (Å²) in [4.78, 5) is 14.1. The molecule has 0 saturated heterocycles. The van der Waals surface area contributed by atoms with Crippen molar-refractivity contribution in [2.24, 2.45) is 0 Å². The highest BCUT2D eigenvalue weighted by Crippen LogP contribution is 2.46. The molecule has 3 aromatic rings. The quantitative estimate of drug-likeness (QED) is 0.442. The summed E-state index contributed by atoms with van der Waals surface area (Å²) in [5.41, 5.74) is -4.87. The maximum absolute atomic E-state index is 15.4. The molecule has 2 N–H and O–H groups in total. The van der Waals surface area contributed by atoms with Crippen molar-refractivity contribution in [2.45, 2.75) is 18.1 Å². The lowest BCUT2D eigenvalue weighted by atomic mass is 9.84. The summed E-state index contributed by atoms with van der Waals surface area (Å²) in [7, 11) is 0. The highest BCUT2D eigenvalue weighted by molar-refractivity contribution is 5.85. The molecule has 0 aliphatic carbocycles. The van der Waals surface area contributed by atoms with Gasteiger partial charge in [-0.05, 0) is 40.3 Å². The Morgan fingerprint density at radius 3 is 2.53 bits per heavy atom. The zero-order chi connectivity index (χ0) is 21.9. The van der Waals surface area contributed by atoms with E-state index >= 15 is 8.78 Å². The van der Waals surface area contributed by atoms with Crippen molar-refractivity contribution < 1.29 is 32.6 Å². The average molecular weight is 423 g/mol. The van der Waals surface area contributed by atoms with Gasteiger partial charge in [0.1, 0.15) is 23.7 Å². The van der Waals surface area contributed by atoms with Crippen molar-refractivity contribution in [3.8, 4) is 0 Å². The summed E-state index contributed by atoms with van der Waals surface area (Å²) >= 11 is 0. The zero-order valence-corrected chi connectivity index (χ0v) is 15.0. The van der Waals surface area contributed by atoms with Crippen molar-refractivity contribution in [2.75, 3.05) is 0 Å². The predicted molar refractivity (Wildman–Crippen MR) is 92.9 cm³/mol. The third kappa shape index (κ3) is 4.03. The third-order valence-electron chi connectivity index (χ3n) is 4.20. The molecule has 12 heteroatoms. The lowest BCUT2D eigenvalue weighted by molar-refractivity contribution is -0.207. The highest BCUT2D eigenvalue weighted by Gasteiger charge is 2.57. The number of hydrogen-bond acceptors (Lipinski definition) is 6. The summed E-state index contributed by atoms with van der Waals surface area (Å²) in [5, 5.41) is 29.6. The van der Waals surface area contributed by atoms with Crippen molar-refractivity contribution in [3.05, 3.63) is 77.4 Å². The normalized spacial score (nSPS) is 14.0. The van der Waals surface area contributed by atoms with E-state index in [9.17, 15) is 18.7 Å². The molecular weight excluding hydrogens is 410 g/mol. The number of carboxylic acid groups (broad SMARTS) is 1. The first-order valence-corrected chi connectivity index (χ1v) is 8.27. The van der Waals surface area contributed by atoms with E-state index in [-0.39, 0.29) is 5.56 Å². The van der Waals surface area contributed by atoms with Gasteiger partial charge < -0.3 is 10.2 Å². The molecule has 156 valence electrons. The number of aliphatic carboxylic acids is 1. The van der Waals surface area contributed by atoms with Gasteiger partial charge in [0.2, 0.25) is 0 Å². The Kier molecular flexibility index (Phi) is 5.60. The van der Waals surface area contributed by atoms with E-state index in [0.717, 1.165) is 47.6 Å². The molecule has 2 heterocycles. The first-order valence-electron chi connectivity index (χ1n) is 8.27. The zero-order valence-electron chi connectivity index (χ0n) is 15.0. The van der Waals surface area contributed by atoms with E-state index < -0.39 is 46.9 Å². The van der Waals surface area contributed by atoms with Crippen molar-refractivity contribution >= 4 is 12.0 Å². The molecule has 0 radical (unpaired) electrons. The van der Waals surface area contributed by atoms with Crippen LogP contribution in [0.25, 0.3) is 6.08 Å². The second-order valence-corrected chi connectivity index (χ2v) is 6.21. The first kappa shape index (κ1) is 21.0. The molecule has 1 atom stereocenters. The molecule has 30 heavy (non-hydrogen) atoms. The molecule has 1 unspecified atom stereocenters. The van der Waals surface area contributed by atoms with Crippen molar-refractivity contribution in [1.82, 2.24) is 25.2 Å². The molecule has 0 bridgehead atoms. The summed E-state index contributed by atoms with van der Waals surface area (Å²) in [6, 6.07) is 3.80. The maximum atomic E-state index is 15.4. The molecule has 8 nitrogen and oxygen atoms in total. The van der Waals surface area contributed by atoms with Gasteiger partial charge in [0.15, 0.2) is 5.60 Å². The first-order chi connectivity index (χ1) is 14.1. The van der Waals surface area contributed by atoms with E-state index in [1.54, 1.807) is 0 Å². The fourth-order valence-electron chi connectivity index (χ4n) is 2.73. The van der Waals surface area contributed by atoms with Gasteiger partial charge in [-0.3, -0.25) is 4.98 Å². The smallest absolute Gasteiger partial charge is 0.328 e. The number of carbonyl (C=O) groups is 1. The Balaban J connectivity index is 2.08. The molecule has 1 aromatic carbocycles. The van der Waals surface area contributed by atoms with Crippen LogP contribution in [0.1, 0.15) is 16.8 Å². The van der Waals surface area contributed by atoms with Gasteiger partial charge in [-0.15, -0.1) is 5.10 Å². The van der Waals surface area contributed by atoms with Crippen LogP contribution in [0.5, 0.6) is 0 Å². The van der Waals surface area contributed by atoms with Crippen LogP contribution in [0.15, 0.2) is 48.9 Å². The van der Waals surface area contributed by atoms with Crippen LogP contribution < -0.4 is 0 Å². The number of nitrogens with zero attached hydrogens (tertiary/aromatic N) is 5. The van der Waals surface area contributed by atoms with Gasteiger partial charge in [-0.1, -0.05) is 6.07 Å². The van der Waals surface area contributed by atoms with Gasteiger partial charge in [0.25, 0.3) is 0 Å². The van der Waals surface area contributed by atoms with Crippen LogP contribution in [-0.4, -0.2) is 41.4 Å². The van der Waals surface area contributed by atoms with Gasteiger partial charge in [0.05, 0.1) is 6.54 Å². The number of pyridine rings is 1. The molecule has 0 spiro atoms. The van der Waals surface area contributed by atoms with E-state index in [2.05, 4.69) is 20.5 Å². The monoisotopic (exact) mass is 423 g/mol. The number of halogens is 4. The van der Waals surface area contributed by atoms with Crippen LogP contribution in [0.3, 0.4) is 0 Å². The average Bonchev–Trinajstić information content (AvgIpc) is 3.19. The number of alkyl halides is 2. The van der Waals surface area contributed by atoms with E-state index in [1.807, 2.05) is 0 Å². The van der Waals surface area contributed by atoms with Gasteiger partial charge in [-0.25, -0.2) is 18.3 Å². The predicted octanol–water partition coefficient (Wildman–Crippen LogP) is 2.12. The molecule has 3 rings (SSSR count). The number of rotatable bonds is 7. The van der Waals surface area contributed by atoms with Crippen LogP contribution in [-0.2, 0) is 22.9 Å². The van der Waals surface area contributed by atoms with Gasteiger partial charge >= 0.3 is 11.9 Å². The number of aliphatic hydroxyl groups is 1. The SMILES string of the molecule is O=C(O)C=Cc1ccc(C(F)(F)C(O)(Cn2cnnn2)c2ccc(F)cc2F)nc1. The molecule has 0 aliphatic rings. The molecule has 0 saturated carbocycles. The number of aromatic nitrogens is 5. The summed E-state index contributed by atoms with van der Waals surface area (Å²) < 4.78 is 59.3. The molecule has 0 aliphatic heterocycles. The van der Waals surface area contributed by atoms with Crippen LogP contribution in [0.4, 0.5) is 17.6 Å². The van der Waals surface area contributed by atoms with E-state index in [4.69, 9.17) is 5.11 Å². The molecule has 2 aromatic heterocycles. The Labute approximate surface area is 166 Å². The standard InChI is InChI=1S/C18H13F4N5O3/c19-12-3-4-13(14(20)7-12)17(30,9-27-10-24-25-26-27)18(21,22)15-5-1-11(8-23-15)2-6-16(28)29/h1-8,10,30H,9H2,(H,28,29). The minimum absolute atomic E-state index is 0.203. The van der Waals surface area contributed by atoms with Crippen LogP contribution in [0, 0.1) is 11.6 Å². The Morgan fingerprint density at radius 2 is 1.97 bits per heavy atom. The highest BCUT2D eigenvalue weighted by atomic mass is 19.3. The minimum atomic E-state index is -4.19. The minimum Gasteiger partial charge on any atom is -0.478 e. The Hall–Kier alpha value is -3.67. The molecule has 0 amide bonds. The van der Waals surface area contributed by atoms with E-state index in [1.165, 1.54) is 0 Å². The van der Waals surface area contributed by atoms with Crippen LogP contribution in [0.2, 0.25) is 0 Å². The maximum Gasteiger partial charge on any atom is 0.328 e. The van der Waals surface area contributed by atoms with Crippen molar-refractivity contribution in [3.63, 3.8) is 0 Å².